The smallest absolute Gasteiger partial charge is 0.0411 e. The Hall–Kier alpha value is -2.16. The van der Waals surface area contributed by atoms with E-state index >= 15 is 0 Å². The number of anilines is 4. The highest BCUT2D eigenvalue weighted by Crippen LogP contribution is 2.25. The monoisotopic (exact) mass is 241 g/mol. The summed E-state index contributed by atoms with van der Waals surface area (Å²) >= 11 is 0. The molecule has 3 N–H and O–H groups in total. The van der Waals surface area contributed by atoms with Crippen LogP contribution in [-0.2, 0) is 0 Å². The molecule has 0 aliphatic carbocycles. The first-order valence-corrected chi connectivity index (χ1v) is 5.97. The van der Waals surface area contributed by atoms with Crippen LogP contribution in [0.25, 0.3) is 0 Å². The summed E-state index contributed by atoms with van der Waals surface area (Å²) in [5, 5.41) is 3.37. The van der Waals surface area contributed by atoms with E-state index in [-0.39, 0.29) is 0 Å². The molecule has 0 unspecified atom stereocenters. The van der Waals surface area contributed by atoms with Gasteiger partial charge in [0, 0.05) is 36.8 Å². The standard InChI is InChI=1S/C15H19N3/c1-11-4-7-14(10-15(11)18(2)3)17-13-8-5-12(16)6-9-13/h4-10,17H,16H2,1-3H3. The van der Waals surface area contributed by atoms with Crippen LogP contribution in [0.1, 0.15) is 5.56 Å². The molecule has 3 nitrogen and oxygen atoms in total. The third kappa shape index (κ3) is 2.74. The van der Waals surface area contributed by atoms with Crippen molar-refractivity contribution < 1.29 is 0 Å². The van der Waals surface area contributed by atoms with E-state index in [0.717, 1.165) is 17.1 Å². The first-order chi connectivity index (χ1) is 8.56. The van der Waals surface area contributed by atoms with Crippen LogP contribution < -0.4 is 16.0 Å². The summed E-state index contributed by atoms with van der Waals surface area (Å²) in [6, 6.07) is 14.1. The van der Waals surface area contributed by atoms with Crippen molar-refractivity contribution in [2.45, 2.75) is 6.92 Å². The van der Waals surface area contributed by atoms with Crippen molar-refractivity contribution in [3.8, 4) is 0 Å². The lowest BCUT2D eigenvalue weighted by Crippen LogP contribution is -2.10. The average Bonchev–Trinajstić information content (AvgIpc) is 2.34. The summed E-state index contributed by atoms with van der Waals surface area (Å²) in [6.07, 6.45) is 0. The Kier molecular flexibility index (Phi) is 3.42. The number of hydrogen-bond acceptors (Lipinski definition) is 3. The van der Waals surface area contributed by atoms with E-state index in [4.69, 9.17) is 5.73 Å². The van der Waals surface area contributed by atoms with Crippen LogP contribution >= 0.6 is 0 Å². The number of nitrogens with zero attached hydrogens (tertiary/aromatic N) is 1. The van der Waals surface area contributed by atoms with E-state index in [1.54, 1.807) is 0 Å². The highest BCUT2D eigenvalue weighted by molar-refractivity contribution is 5.68. The van der Waals surface area contributed by atoms with Crippen LogP contribution in [-0.4, -0.2) is 14.1 Å². The Labute approximate surface area is 108 Å². The molecule has 0 heterocycles. The van der Waals surface area contributed by atoms with Crippen LogP contribution in [0.4, 0.5) is 22.7 Å². The van der Waals surface area contributed by atoms with Crippen LogP contribution in [0.5, 0.6) is 0 Å². The molecule has 0 saturated heterocycles. The van der Waals surface area contributed by atoms with Crippen molar-refractivity contribution in [3.05, 3.63) is 48.0 Å². The molecule has 0 amide bonds. The number of nitrogens with two attached hydrogens (primary N) is 1. The van der Waals surface area contributed by atoms with Crippen molar-refractivity contribution >= 4 is 22.7 Å². The second kappa shape index (κ2) is 5.00. The van der Waals surface area contributed by atoms with Gasteiger partial charge in [0.25, 0.3) is 0 Å². The van der Waals surface area contributed by atoms with Gasteiger partial charge in [0.05, 0.1) is 0 Å². The third-order valence-electron chi connectivity index (χ3n) is 2.89. The maximum Gasteiger partial charge on any atom is 0.0411 e. The fourth-order valence-electron chi connectivity index (χ4n) is 1.90. The Morgan fingerprint density at radius 3 is 2.17 bits per heavy atom. The molecular weight excluding hydrogens is 222 g/mol. The Bertz CT molecular complexity index is 530. The number of benzene rings is 2. The van der Waals surface area contributed by atoms with Gasteiger partial charge in [-0.3, -0.25) is 0 Å². The van der Waals surface area contributed by atoms with E-state index in [1.165, 1.54) is 11.3 Å². The first-order valence-electron chi connectivity index (χ1n) is 5.97. The zero-order valence-corrected chi connectivity index (χ0v) is 11.1. The lowest BCUT2D eigenvalue weighted by Gasteiger charge is -2.17. The summed E-state index contributed by atoms with van der Waals surface area (Å²) in [5.41, 5.74) is 11.0. The van der Waals surface area contributed by atoms with Crippen molar-refractivity contribution in [2.75, 3.05) is 30.0 Å². The zero-order valence-electron chi connectivity index (χ0n) is 11.1. The molecule has 0 bridgehead atoms. The minimum Gasteiger partial charge on any atom is -0.399 e. The molecule has 2 aromatic carbocycles. The van der Waals surface area contributed by atoms with Gasteiger partial charge in [0.2, 0.25) is 0 Å². The van der Waals surface area contributed by atoms with Gasteiger partial charge in [-0.15, -0.1) is 0 Å². The molecule has 0 aromatic heterocycles. The van der Waals surface area contributed by atoms with E-state index in [9.17, 15) is 0 Å². The molecule has 2 aromatic rings. The summed E-state index contributed by atoms with van der Waals surface area (Å²) < 4.78 is 0. The molecule has 0 aliphatic rings. The lowest BCUT2D eigenvalue weighted by molar-refractivity contribution is 1.11. The molecule has 2 rings (SSSR count). The molecule has 0 saturated carbocycles. The summed E-state index contributed by atoms with van der Waals surface area (Å²) in [4.78, 5) is 2.11. The van der Waals surface area contributed by atoms with Crippen molar-refractivity contribution in [2.24, 2.45) is 0 Å². The highest BCUT2D eigenvalue weighted by atomic mass is 15.1. The van der Waals surface area contributed by atoms with Gasteiger partial charge in [-0.2, -0.15) is 0 Å². The van der Waals surface area contributed by atoms with Crippen LogP contribution in [0, 0.1) is 6.92 Å². The molecule has 0 fully saturated rings. The molecule has 0 atom stereocenters. The Morgan fingerprint density at radius 1 is 0.944 bits per heavy atom. The maximum atomic E-state index is 5.67. The number of hydrogen-bond donors (Lipinski definition) is 2. The molecule has 0 spiro atoms. The van der Waals surface area contributed by atoms with Crippen molar-refractivity contribution in [3.63, 3.8) is 0 Å². The van der Waals surface area contributed by atoms with Gasteiger partial charge in [-0.05, 0) is 48.9 Å². The van der Waals surface area contributed by atoms with Crippen molar-refractivity contribution in [1.82, 2.24) is 0 Å². The van der Waals surface area contributed by atoms with E-state index < -0.39 is 0 Å². The SMILES string of the molecule is Cc1ccc(Nc2ccc(N)cc2)cc1N(C)C. The van der Waals surface area contributed by atoms with Gasteiger partial charge < -0.3 is 16.0 Å². The number of aryl methyl sites for hydroxylation is 1. The number of nitrogen functional groups attached to an aromatic ring is 1. The van der Waals surface area contributed by atoms with Gasteiger partial charge >= 0.3 is 0 Å². The number of rotatable bonds is 3. The van der Waals surface area contributed by atoms with Gasteiger partial charge in [-0.1, -0.05) is 6.07 Å². The normalized spacial score (nSPS) is 10.2. The lowest BCUT2D eigenvalue weighted by atomic mass is 10.1. The van der Waals surface area contributed by atoms with Crippen LogP contribution in [0.2, 0.25) is 0 Å². The van der Waals surface area contributed by atoms with Crippen LogP contribution in [0.3, 0.4) is 0 Å². The second-order valence-corrected chi connectivity index (χ2v) is 4.64. The first kappa shape index (κ1) is 12.3. The third-order valence-corrected chi connectivity index (χ3v) is 2.89. The Balaban J connectivity index is 2.24. The predicted octanol–water partition coefficient (Wildman–Crippen LogP) is 3.39. The van der Waals surface area contributed by atoms with Gasteiger partial charge in [0.1, 0.15) is 0 Å². The van der Waals surface area contributed by atoms with E-state index in [2.05, 4.69) is 49.4 Å². The molecule has 18 heavy (non-hydrogen) atoms. The largest absolute Gasteiger partial charge is 0.399 e. The fraction of sp³-hybridized carbons (Fsp3) is 0.200. The van der Waals surface area contributed by atoms with Gasteiger partial charge in [-0.25, -0.2) is 0 Å². The summed E-state index contributed by atoms with van der Waals surface area (Å²) in [5.74, 6) is 0. The minimum absolute atomic E-state index is 0.776. The Morgan fingerprint density at radius 2 is 1.56 bits per heavy atom. The molecule has 0 radical (unpaired) electrons. The topological polar surface area (TPSA) is 41.3 Å². The molecule has 3 heteroatoms. The van der Waals surface area contributed by atoms with Gasteiger partial charge in [0.15, 0.2) is 0 Å². The highest BCUT2D eigenvalue weighted by Gasteiger charge is 2.02. The fourth-order valence-corrected chi connectivity index (χ4v) is 1.90. The molecular formula is C15H19N3. The van der Waals surface area contributed by atoms with E-state index in [1.807, 2.05) is 24.3 Å². The maximum absolute atomic E-state index is 5.67. The summed E-state index contributed by atoms with van der Waals surface area (Å²) in [6.45, 7) is 2.11. The quantitative estimate of drug-likeness (QED) is 0.809. The zero-order chi connectivity index (χ0) is 13.1. The number of nitrogens with one attached hydrogen (secondary N) is 1. The predicted molar refractivity (Wildman–Crippen MR) is 79.6 cm³/mol. The van der Waals surface area contributed by atoms with Crippen molar-refractivity contribution in [1.29, 1.82) is 0 Å². The molecule has 0 aliphatic heterocycles. The average molecular weight is 241 g/mol. The second-order valence-electron chi connectivity index (χ2n) is 4.64. The molecule has 94 valence electrons. The summed E-state index contributed by atoms with van der Waals surface area (Å²) in [7, 11) is 4.10. The minimum atomic E-state index is 0.776. The van der Waals surface area contributed by atoms with E-state index in [0.29, 0.717) is 0 Å². The van der Waals surface area contributed by atoms with Crippen LogP contribution in [0.15, 0.2) is 42.5 Å².